The van der Waals surface area contributed by atoms with Crippen LogP contribution in [0.3, 0.4) is 0 Å². The topological polar surface area (TPSA) is 91.7 Å². The summed E-state index contributed by atoms with van der Waals surface area (Å²) in [5.74, 6) is 0.298. The number of anilines is 1. The first-order chi connectivity index (χ1) is 13.6. The number of carbonyl (C=O) groups is 1. The summed E-state index contributed by atoms with van der Waals surface area (Å²) in [6.07, 6.45) is 4.17. The Morgan fingerprint density at radius 1 is 1.25 bits per heavy atom. The van der Waals surface area contributed by atoms with Gasteiger partial charge >= 0.3 is 0 Å². The number of nitrogens with zero attached hydrogens (tertiary/aromatic N) is 5. The van der Waals surface area contributed by atoms with Gasteiger partial charge in [0.25, 0.3) is 5.91 Å². The van der Waals surface area contributed by atoms with Gasteiger partial charge < -0.3 is 10.3 Å². The van der Waals surface area contributed by atoms with Crippen LogP contribution in [0, 0.1) is 0 Å². The van der Waals surface area contributed by atoms with E-state index in [1.54, 1.807) is 23.0 Å². The Balaban J connectivity index is 1.39. The second-order valence-corrected chi connectivity index (χ2v) is 7.39. The maximum absolute atomic E-state index is 12.6. The van der Waals surface area contributed by atoms with Crippen molar-refractivity contribution in [2.45, 2.75) is 18.9 Å². The molecule has 0 unspecified atom stereocenters. The van der Waals surface area contributed by atoms with Crippen LogP contribution in [0.1, 0.15) is 34.9 Å². The van der Waals surface area contributed by atoms with E-state index in [0.717, 1.165) is 29.4 Å². The van der Waals surface area contributed by atoms with E-state index in [4.69, 9.17) is 0 Å². The summed E-state index contributed by atoms with van der Waals surface area (Å²) < 4.78 is 1.68. The molecule has 1 aliphatic rings. The Morgan fingerprint density at radius 3 is 2.96 bits per heavy atom. The molecule has 4 heterocycles. The molecule has 1 aliphatic heterocycles. The molecule has 3 aromatic heterocycles. The molecule has 1 fully saturated rings. The number of hydrogen-bond donors (Lipinski definition) is 2. The maximum Gasteiger partial charge on any atom is 0.256 e. The van der Waals surface area contributed by atoms with Crippen LogP contribution in [0.15, 0.2) is 36.5 Å². The van der Waals surface area contributed by atoms with Crippen molar-refractivity contribution in [2.24, 2.45) is 7.05 Å². The number of likely N-dealkylation sites (tertiary alicyclic amines) is 1. The van der Waals surface area contributed by atoms with Crippen LogP contribution in [0.2, 0.25) is 0 Å². The van der Waals surface area contributed by atoms with Gasteiger partial charge in [0.15, 0.2) is 0 Å². The largest absolute Gasteiger partial charge is 0.357 e. The van der Waals surface area contributed by atoms with E-state index < -0.39 is 0 Å². The highest BCUT2D eigenvalue weighted by Crippen LogP contribution is 2.32. The zero-order chi connectivity index (χ0) is 19.3. The van der Waals surface area contributed by atoms with Crippen LogP contribution in [0.25, 0.3) is 21.9 Å². The average Bonchev–Trinajstić information content (AvgIpc) is 3.39. The Hall–Kier alpha value is -3.26. The maximum atomic E-state index is 12.6. The van der Waals surface area contributed by atoms with Crippen molar-refractivity contribution in [3.8, 4) is 0 Å². The monoisotopic (exact) mass is 375 g/mol. The van der Waals surface area contributed by atoms with Crippen molar-refractivity contribution in [1.29, 1.82) is 0 Å². The molecule has 0 saturated carbocycles. The number of aromatic amines is 1. The lowest BCUT2D eigenvalue weighted by atomic mass is 10.1. The molecule has 28 heavy (non-hydrogen) atoms. The lowest BCUT2D eigenvalue weighted by Crippen LogP contribution is -2.17. The SMILES string of the molecule is CN1CCC[C@@H]1c1cc2cnc(NC(=O)c3ccc4c(c3)nnn4C)cc2[nH]1. The highest BCUT2D eigenvalue weighted by atomic mass is 16.1. The van der Waals surface area contributed by atoms with Crippen molar-refractivity contribution in [1.82, 2.24) is 29.9 Å². The zero-order valence-electron chi connectivity index (χ0n) is 15.8. The van der Waals surface area contributed by atoms with E-state index in [0.29, 0.717) is 22.9 Å². The molecule has 1 aromatic carbocycles. The van der Waals surface area contributed by atoms with Gasteiger partial charge in [-0.3, -0.25) is 9.69 Å². The van der Waals surface area contributed by atoms with Crippen LogP contribution < -0.4 is 5.32 Å². The molecular weight excluding hydrogens is 354 g/mol. The molecule has 8 nitrogen and oxygen atoms in total. The predicted molar refractivity (Wildman–Crippen MR) is 107 cm³/mol. The molecule has 4 aromatic rings. The average molecular weight is 375 g/mol. The summed E-state index contributed by atoms with van der Waals surface area (Å²) in [6, 6.07) is 9.80. The molecule has 8 heteroatoms. The summed E-state index contributed by atoms with van der Waals surface area (Å²) in [5, 5.41) is 12.0. The fourth-order valence-electron chi connectivity index (χ4n) is 3.97. The highest BCUT2D eigenvalue weighted by Gasteiger charge is 2.24. The number of carbonyl (C=O) groups excluding carboxylic acids is 1. The molecule has 2 N–H and O–H groups in total. The second-order valence-electron chi connectivity index (χ2n) is 7.39. The zero-order valence-corrected chi connectivity index (χ0v) is 15.8. The molecule has 0 aliphatic carbocycles. The van der Waals surface area contributed by atoms with E-state index in [1.165, 1.54) is 12.1 Å². The van der Waals surface area contributed by atoms with Crippen LogP contribution in [0.4, 0.5) is 5.82 Å². The number of fused-ring (bicyclic) bond motifs is 2. The summed E-state index contributed by atoms with van der Waals surface area (Å²) in [6.45, 7) is 1.12. The van der Waals surface area contributed by atoms with Crippen molar-refractivity contribution >= 4 is 33.7 Å². The Labute approximate surface area is 161 Å². The van der Waals surface area contributed by atoms with Crippen LogP contribution in [0.5, 0.6) is 0 Å². The first-order valence-electron chi connectivity index (χ1n) is 9.38. The van der Waals surface area contributed by atoms with Gasteiger partial charge in [-0.1, -0.05) is 5.21 Å². The minimum absolute atomic E-state index is 0.221. The fourth-order valence-corrected chi connectivity index (χ4v) is 3.97. The number of rotatable bonds is 3. The third-order valence-electron chi connectivity index (χ3n) is 5.52. The van der Waals surface area contributed by atoms with Crippen molar-refractivity contribution in [3.63, 3.8) is 0 Å². The number of pyridine rings is 1. The first kappa shape index (κ1) is 16.9. The Kier molecular flexibility index (Phi) is 3.87. The van der Waals surface area contributed by atoms with E-state index in [-0.39, 0.29) is 5.91 Å². The molecule has 1 amide bonds. The van der Waals surface area contributed by atoms with Gasteiger partial charge in [-0.2, -0.15) is 0 Å². The smallest absolute Gasteiger partial charge is 0.256 e. The van der Waals surface area contributed by atoms with Gasteiger partial charge in [0.2, 0.25) is 0 Å². The fraction of sp³-hybridized carbons (Fsp3) is 0.300. The molecule has 1 saturated heterocycles. The number of H-pyrrole nitrogens is 1. The second kappa shape index (κ2) is 6.42. The molecule has 1 atom stereocenters. The van der Waals surface area contributed by atoms with E-state index in [1.807, 2.05) is 19.2 Å². The number of benzene rings is 1. The minimum Gasteiger partial charge on any atom is -0.357 e. The number of aryl methyl sites for hydroxylation is 1. The third kappa shape index (κ3) is 2.82. The quantitative estimate of drug-likeness (QED) is 0.574. The summed E-state index contributed by atoms with van der Waals surface area (Å²) >= 11 is 0. The normalized spacial score (nSPS) is 17.6. The van der Waals surface area contributed by atoms with Crippen molar-refractivity contribution in [2.75, 3.05) is 18.9 Å². The molecular formula is C20H21N7O. The summed E-state index contributed by atoms with van der Waals surface area (Å²) in [7, 11) is 3.98. The van der Waals surface area contributed by atoms with E-state index >= 15 is 0 Å². The summed E-state index contributed by atoms with van der Waals surface area (Å²) in [4.78, 5) is 22.9. The lowest BCUT2D eigenvalue weighted by Gasteiger charge is -2.17. The number of amides is 1. The molecule has 0 spiro atoms. The van der Waals surface area contributed by atoms with E-state index in [9.17, 15) is 4.79 Å². The van der Waals surface area contributed by atoms with Gasteiger partial charge in [-0.25, -0.2) is 9.67 Å². The Morgan fingerprint density at radius 2 is 2.14 bits per heavy atom. The van der Waals surface area contributed by atoms with Crippen molar-refractivity contribution < 1.29 is 4.79 Å². The molecule has 0 bridgehead atoms. The van der Waals surface area contributed by atoms with Crippen molar-refractivity contribution in [3.05, 3.63) is 47.8 Å². The van der Waals surface area contributed by atoms with Gasteiger partial charge in [-0.15, -0.1) is 5.10 Å². The van der Waals surface area contributed by atoms with Gasteiger partial charge in [0.1, 0.15) is 11.3 Å². The molecule has 0 radical (unpaired) electrons. The molecule has 5 rings (SSSR count). The lowest BCUT2D eigenvalue weighted by molar-refractivity contribution is 0.102. The highest BCUT2D eigenvalue weighted by molar-refractivity contribution is 6.06. The summed E-state index contributed by atoms with van der Waals surface area (Å²) in [5.41, 5.74) is 4.27. The molecule has 142 valence electrons. The van der Waals surface area contributed by atoms with E-state index in [2.05, 4.69) is 43.6 Å². The van der Waals surface area contributed by atoms with Crippen LogP contribution in [-0.4, -0.2) is 49.4 Å². The first-order valence-corrected chi connectivity index (χ1v) is 9.38. The minimum atomic E-state index is -0.221. The number of aromatic nitrogens is 5. The Bertz CT molecular complexity index is 1190. The van der Waals surface area contributed by atoms with Gasteiger partial charge in [0, 0.05) is 42.0 Å². The standard InChI is InChI=1S/C20H21N7O/c1-26-7-3-4-17(26)15-9-13-11-21-19(10-14(13)22-15)23-20(28)12-5-6-18-16(8-12)24-25-27(18)2/h5-6,8-11,17,22H,3-4,7H2,1-2H3,(H,21,23,28)/t17-/m1/s1. The third-order valence-corrected chi connectivity index (χ3v) is 5.52. The van der Waals surface area contributed by atoms with Gasteiger partial charge in [0.05, 0.1) is 11.0 Å². The number of hydrogen-bond acceptors (Lipinski definition) is 5. The number of nitrogens with one attached hydrogen (secondary N) is 2. The van der Waals surface area contributed by atoms with Crippen LogP contribution >= 0.6 is 0 Å². The predicted octanol–water partition coefficient (Wildman–Crippen LogP) is 2.86. The van der Waals surface area contributed by atoms with Crippen LogP contribution in [-0.2, 0) is 7.05 Å². The van der Waals surface area contributed by atoms with Gasteiger partial charge in [-0.05, 0) is 50.7 Å².